The van der Waals surface area contributed by atoms with Crippen LogP contribution in [0.2, 0.25) is 0 Å². The van der Waals surface area contributed by atoms with Crippen molar-refractivity contribution in [2.45, 2.75) is 61.4 Å². The molecular formula is C18H25NO11S. The predicted molar refractivity (Wildman–Crippen MR) is 102 cm³/mol. The van der Waals surface area contributed by atoms with Crippen molar-refractivity contribution in [3.63, 3.8) is 0 Å². The van der Waals surface area contributed by atoms with Crippen LogP contribution in [-0.4, -0.2) is 88.7 Å². The number of benzene rings is 1. The summed E-state index contributed by atoms with van der Waals surface area (Å²) in [6, 6.07) is 4.23. The fourth-order valence-electron chi connectivity index (χ4n) is 3.06. The Kier molecular flexibility index (Phi) is 7.75. The monoisotopic (exact) mass is 463 g/mol. The number of carbonyl (C=O) groups is 2. The summed E-state index contributed by atoms with van der Waals surface area (Å²) < 4.78 is 34.2. The molecule has 0 bridgehead atoms. The van der Waals surface area contributed by atoms with Gasteiger partial charge in [0.15, 0.2) is 0 Å². The zero-order valence-electron chi connectivity index (χ0n) is 16.7. The number of ether oxygens (including phenoxy) is 1. The second-order valence-corrected chi connectivity index (χ2v) is 8.89. The van der Waals surface area contributed by atoms with Gasteiger partial charge in [0.05, 0.1) is 23.6 Å². The second-order valence-electron chi connectivity index (χ2n) is 7.28. The first-order valence-corrected chi connectivity index (χ1v) is 10.6. The first-order chi connectivity index (χ1) is 14.3. The molecule has 2 unspecified atom stereocenters. The fraction of sp³-hybridized carbons (Fsp3) is 0.556. The third kappa shape index (κ3) is 5.98. The Bertz CT molecular complexity index is 904. The molecule has 1 heterocycles. The molecule has 1 amide bonds. The summed E-state index contributed by atoms with van der Waals surface area (Å²) in [7, 11) is -4.29. The van der Waals surface area contributed by atoms with E-state index in [-0.39, 0.29) is 4.90 Å². The number of aliphatic carboxylic acids is 1. The van der Waals surface area contributed by atoms with Crippen molar-refractivity contribution in [2.75, 3.05) is 6.61 Å². The van der Waals surface area contributed by atoms with Crippen molar-refractivity contribution < 1.29 is 52.5 Å². The average molecular weight is 463 g/mol. The van der Waals surface area contributed by atoms with Crippen LogP contribution in [0.4, 0.5) is 0 Å². The van der Waals surface area contributed by atoms with Crippen LogP contribution in [0.5, 0.6) is 0 Å². The minimum atomic E-state index is -4.29. The van der Waals surface area contributed by atoms with Crippen molar-refractivity contribution in [3.05, 3.63) is 29.8 Å². The van der Waals surface area contributed by atoms with Gasteiger partial charge in [0.1, 0.15) is 18.3 Å². The van der Waals surface area contributed by atoms with Crippen LogP contribution < -0.4 is 5.32 Å². The maximum Gasteiger partial charge on any atom is 0.364 e. The van der Waals surface area contributed by atoms with Gasteiger partial charge in [-0.2, -0.15) is 8.42 Å². The molecule has 0 aromatic heterocycles. The van der Waals surface area contributed by atoms with Crippen LogP contribution >= 0.6 is 0 Å². The fourth-order valence-corrected chi connectivity index (χ4v) is 3.98. The first-order valence-electron chi connectivity index (χ1n) is 9.18. The Labute approximate surface area is 178 Å². The average Bonchev–Trinajstić information content (AvgIpc) is 2.67. The van der Waals surface area contributed by atoms with Gasteiger partial charge in [-0.25, -0.2) is 4.79 Å². The Morgan fingerprint density at radius 1 is 1.29 bits per heavy atom. The van der Waals surface area contributed by atoms with Crippen LogP contribution in [-0.2, 0) is 28.6 Å². The van der Waals surface area contributed by atoms with E-state index in [0.717, 1.165) is 12.5 Å². The lowest BCUT2D eigenvalue weighted by Crippen LogP contribution is -2.67. The number of aliphatic hydroxyl groups is 4. The molecule has 1 fully saturated rings. The third-order valence-corrected chi connectivity index (χ3v) is 6.02. The van der Waals surface area contributed by atoms with Gasteiger partial charge in [0.2, 0.25) is 5.91 Å². The topological polar surface area (TPSA) is 200 Å². The molecule has 31 heavy (non-hydrogen) atoms. The molecule has 1 aliphatic rings. The lowest BCUT2D eigenvalue weighted by Gasteiger charge is -2.44. The minimum Gasteiger partial charge on any atom is -0.477 e. The summed E-state index contributed by atoms with van der Waals surface area (Å²) in [5.41, 5.74) is 0.803. The lowest BCUT2D eigenvalue weighted by molar-refractivity contribution is -0.294. The summed E-state index contributed by atoms with van der Waals surface area (Å²) >= 11 is 0. The number of carboxylic acids is 1. The van der Waals surface area contributed by atoms with Gasteiger partial charge in [0.25, 0.3) is 15.9 Å². The minimum absolute atomic E-state index is 0.194. The van der Waals surface area contributed by atoms with E-state index in [1.165, 1.54) is 24.3 Å². The number of aryl methyl sites for hydroxylation is 1. The largest absolute Gasteiger partial charge is 0.477 e. The highest BCUT2D eigenvalue weighted by molar-refractivity contribution is 7.86. The number of rotatable bonds is 8. The van der Waals surface area contributed by atoms with Gasteiger partial charge in [-0.15, -0.1) is 0 Å². The van der Waals surface area contributed by atoms with Crippen LogP contribution in [0, 0.1) is 6.92 Å². The number of nitrogens with one attached hydrogen (secondary N) is 1. The van der Waals surface area contributed by atoms with Crippen LogP contribution in [0.25, 0.3) is 0 Å². The van der Waals surface area contributed by atoms with Gasteiger partial charge in [-0.3, -0.25) is 8.98 Å². The molecule has 0 saturated carbocycles. The lowest BCUT2D eigenvalue weighted by atomic mass is 9.88. The molecule has 0 aliphatic carbocycles. The van der Waals surface area contributed by atoms with Gasteiger partial charge in [0, 0.05) is 13.3 Å². The zero-order valence-corrected chi connectivity index (χ0v) is 17.5. The Morgan fingerprint density at radius 3 is 2.39 bits per heavy atom. The SMILES string of the molecule is CC(=O)NC1C([C@H](O)[C@H](O)COS(=O)(=O)c2ccc(C)cc2)O[C@](O)(C(=O)O)C[C@H]1O. The predicted octanol–water partition coefficient (Wildman–Crippen LogP) is -2.15. The maximum atomic E-state index is 12.2. The quantitative estimate of drug-likeness (QED) is 0.230. The molecule has 13 heteroatoms. The molecule has 2 rings (SSSR count). The number of hydrogen-bond donors (Lipinski definition) is 6. The summed E-state index contributed by atoms with van der Waals surface area (Å²) in [5, 5.41) is 52.4. The van der Waals surface area contributed by atoms with Gasteiger partial charge >= 0.3 is 5.97 Å². The third-order valence-electron chi connectivity index (χ3n) is 4.72. The molecular weight excluding hydrogens is 438 g/mol. The van der Waals surface area contributed by atoms with E-state index in [0.29, 0.717) is 0 Å². The normalized spacial score (nSPS) is 28.5. The van der Waals surface area contributed by atoms with Crippen molar-refractivity contribution in [3.8, 4) is 0 Å². The van der Waals surface area contributed by atoms with E-state index < -0.39 is 71.3 Å². The molecule has 0 spiro atoms. The summed E-state index contributed by atoms with van der Waals surface area (Å²) in [4.78, 5) is 22.5. The highest BCUT2D eigenvalue weighted by Crippen LogP contribution is 2.30. The molecule has 6 N–H and O–H groups in total. The highest BCUT2D eigenvalue weighted by Gasteiger charge is 2.54. The van der Waals surface area contributed by atoms with Gasteiger partial charge in [-0.1, -0.05) is 17.7 Å². The molecule has 1 saturated heterocycles. The van der Waals surface area contributed by atoms with Crippen LogP contribution in [0.15, 0.2) is 29.2 Å². The van der Waals surface area contributed by atoms with Crippen LogP contribution in [0.1, 0.15) is 18.9 Å². The van der Waals surface area contributed by atoms with Gasteiger partial charge in [-0.05, 0) is 19.1 Å². The van der Waals surface area contributed by atoms with Crippen molar-refractivity contribution in [1.82, 2.24) is 5.32 Å². The highest BCUT2D eigenvalue weighted by atomic mass is 32.2. The smallest absolute Gasteiger partial charge is 0.364 e. The summed E-state index contributed by atoms with van der Waals surface area (Å²) in [5.74, 6) is -5.44. The molecule has 12 nitrogen and oxygen atoms in total. The van der Waals surface area contributed by atoms with E-state index in [9.17, 15) is 38.4 Å². The van der Waals surface area contributed by atoms with Gasteiger partial charge < -0.3 is 35.6 Å². The van der Waals surface area contributed by atoms with Crippen molar-refractivity contribution in [1.29, 1.82) is 0 Å². The zero-order chi connectivity index (χ0) is 23.6. The van der Waals surface area contributed by atoms with E-state index in [2.05, 4.69) is 5.32 Å². The van der Waals surface area contributed by atoms with E-state index in [1.54, 1.807) is 6.92 Å². The summed E-state index contributed by atoms with van der Waals surface area (Å²) in [6.07, 6.45) is -8.31. The van der Waals surface area contributed by atoms with E-state index in [4.69, 9.17) is 14.0 Å². The summed E-state index contributed by atoms with van der Waals surface area (Å²) in [6.45, 7) is 1.88. The Balaban J connectivity index is 2.17. The van der Waals surface area contributed by atoms with Crippen molar-refractivity contribution in [2.24, 2.45) is 0 Å². The maximum absolute atomic E-state index is 12.2. The van der Waals surface area contributed by atoms with E-state index in [1.807, 2.05) is 0 Å². The number of hydrogen-bond acceptors (Lipinski definition) is 10. The molecule has 1 aromatic rings. The number of carbonyl (C=O) groups excluding carboxylic acids is 1. The second kappa shape index (κ2) is 9.56. The Morgan fingerprint density at radius 2 is 1.87 bits per heavy atom. The Hall–Kier alpha value is -2.13. The standard InChI is InChI=1S/C18H25NO11S/c1-9-3-5-11(6-4-9)31(27,28)29-8-13(22)15(23)16-14(19-10(2)20)12(21)7-18(26,30-16)17(24)25/h3-6,12-16,21-23,26H,7-8H2,1-2H3,(H,19,20)(H,24,25)/t12-,13-,14?,15-,16?,18+/m1/s1. The molecule has 1 aliphatic heterocycles. The van der Waals surface area contributed by atoms with Crippen LogP contribution in [0.3, 0.4) is 0 Å². The molecule has 6 atom stereocenters. The number of carboxylic acid groups (broad SMARTS) is 1. The molecule has 0 radical (unpaired) electrons. The number of amides is 1. The molecule has 1 aromatic carbocycles. The van der Waals surface area contributed by atoms with E-state index >= 15 is 0 Å². The first kappa shape index (κ1) is 25.1. The van der Waals surface area contributed by atoms with Crippen molar-refractivity contribution >= 4 is 22.0 Å². The number of aliphatic hydroxyl groups excluding tert-OH is 3. The molecule has 174 valence electrons.